The van der Waals surface area contributed by atoms with E-state index in [0.29, 0.717) is 0 Å². The number of rotatable bonds is 1. The van der Waals surface area contributed by atoms with Gasteiger partial charge in [-0.15, -0.1) is 0 Å². The third kappa shape index (κ3) is 2.80. The van der Waals surface area contributed by atoms with Gasteiger partial charge in [-0.2, -0.15) is 0 Å². The number of nitrogens with zero attached hydrogens (tertiary/aromatic N) is 1. The first-order valence-corrected chi connectivity index (χ1v) is 8.30. The highest BCUT2D eigenvalue weighted by molar-refractivity contribution is 5.75. The fraction of sp³-hybridized carbons (Fsp3) is 0.556. The van der Waals surface area contributed by atoms with Crippen LogP contribution in [0.3, 0.4) is 0 Å². The Kier molecular flexibility index (Phi) is 4.04. The van der Waals surface area contributed by atoms with Crippen LogP contribution in [0.5, 0.6) is 0 Å². The molecule has 1 aliphatic heterocycles. The molecule has 2 aliphatic rings. The summed E-state index contributed by atoms with van der Waals surface area (Å²) in [5.41, 5.74) is 3.93. The molecule has 23 heavy (non-hydrogen) atoms. The van der Waals surface area contributed by atoms with Crippen LogP contribution < -0.4 is 10.6 Å². The summed E-state index contributed by atoms with van der Waals surface area (Å²) in [7, 11) is 1.64. The molecule has 0 aromatic heterocycles. The number of aryl methyl sites for hydroxylation is 1. The number of benzene rings is 1. The van der Waals surface area contributed by atoms with E-state index >= 15 is 0 Å². The predicted octanol–water partition coefficient (Wildman–Crippen LogP) is 2.25. The number of hydrogen-bond acceptors (Lipinski definition) is 2. The van der Waals surface area contributed by atoms with Gasteiger partial charge in [0.1, 0.15) is 0 Å². The van der Waals surface area contributed by atoms with E-state index in [9.17, 15) is 9.59 Å². The Hall–Kier alpha value is -2.04. The van der Waals surface area contributed by atoms with Crippen molar-refractivity contribution in [3.63, 3.8) is 0 Å². The van der Waals surface area contributed by atoms with Gasteiger partial charge >= 0.3 is 6.03 Å². The van der Waals surface area contributed by atoms with Crippen LogP contribution in [0.25, 0.3) is 0 Å². The second kappa shape index (κ2) is 5.87. The fourth-order valence-corrected chi connectivity index (χ4v) is 4.13. The lowest BCUT2D eigenvalue weighted by atomic mass is 9.73. The van der Waals surface area contributed by atoms with Gasteiger partial charge in [0.15, 0.2) is 0 Å². The third-order valence-corrected chi connectivity index (χ3v) is 5.45. The Morgan fingerprint density at radius 3 is 2.57 bits per heavy atom. The number of nitrogens with one attached hydrogen (secondary N) is 2. The minimum absolute atomic E-state index is 0.0504. The summed E-state index contributed by atoms with van der Waals surface area (Å²) in [5.74, 6) is 0.155. The van der Waals surface area contributed by atoms with Crippen molar-refractivity contribution in [2.24, 2.45) is 0 Å². The standard InChI is InChI=1S/C18H25N3O2/c1-12-4-5-14-15(10-12)18(11-16(14)20-17(23)19-3)6-8-21(9-7-18)13(2)22/h4-5,10,16H,6-9,11H2,1-3H3,(H2,19,20,23)/t16-/m1/s1. The van der Waals surface area contributed by atoms with Crippen molar-refractivity contribution in [2.75, 3.05) is 20.1 Å². The minimum atomic E-state index is -0.139. The molecule has 1 saturated heterocycles. The summed E-state index contributed by atoms with van der Waals surface area (Å²) < 4.78 is 0. The molecule has 3 amide bonds. The fourth-order valence-electron chi connectivity index (χ4n) is 4.13. The molecule has 0 unspecified atom stereocenters. The molecule has 1 heterocycles. The van der Waals surface area contributed by atoms with E-state index in [0.717, 1.165) is 32.4 Å². The van der Waals surface area contributed by atoms with Crippen molar-refractivity contribution in [3.05, 3.63) is 34.9 Å². The van der Waals surface area contributed by atoms with Gasteiger partial charge in [0.25, 0.3) is 0 Å². The first-order valence-electron chi connectivity index (χ1n) is 8.30. The van der Waals surface area contributed by atoms with Gasteiger partial charge in [0, 0.05) is 32.5 Å². The Balaban J connectivity index is 1.90. The SMILES string of the molecule is CNC(=O)N[C@@H]1CC2(CCN(C(C)=O)CC2)c2cc(C)ccc21. The van der Waals surface area contributed by atoms with Crippen LogP contribution in [0.4, 0.5) is 4.79 Å². The minimum Gasteiger partial charge on any atom is -0.343 e. The van der Waals surface area contributed by atoms with Gasteiger partial charge in [-0.05, 0) is 37.3 Å². The maximum Gasteiger partial charge on any atom is 0.315 e. The topological polar surface area (TPSA) is 61.4 Å². The molecule has 1 aliphatic carbocycles. The molecule has 5 nitrogen and oxygen atoms in total. The Labute approximate surface area is 137 Å². The average molecular weight is 315 g/mol. The lowest BCUT2D eigenvalue weighted by Crippen LogP contribution is -2.44. The summed E-state index contributed by atoms with van der Waals surface area (Å²) in [5, 5.41) is 5.72. The second-order valence-electron chi connectivity index (χ2n) is 6.86. The number of urea groups is 1. The molecular weight excluding hydrogens is 290 g/mol. The van der Waals surface area contributed by atoms with E-state index in [-0.39, 0.29) is 23.4 Å². The molecule has 5 heteroatoms. The Bertz CT molecular complexity index is 633. The highest BCUT2D eigenvalue weighted by atomic mass is 16.2. The number of hydrogen-bond donors (Lipinski definition) is 2. The number of carbonyl (C=O) groups is 2. The van der Waals surface area contributed by atoms with Crippen LogP contribution in [-0.2, 0) is 10.2 Å². The lowest BCUT2D eigenvalue weighted by molar-refractivity contribution is -0.130. The zero-order valence-corrected chi connectivity index (χ0v) is 14.1. The quantitative estimate of drug-likeness (QED) is 0.835. The van der Waals surface area contributed by atoms with Gasteiger partial charge in [0.2, 0.25) is 5.91 Å². The van der Waals surface area contributed by atoms with Crippen LogP contribution in [0, 0.1) is 6.92 Å². The molecule has 1 atom stereocenters. The van der Waals surface area contributed by atoms with E-state index < -0.39 is 0 Å². The lowest BCUT2D eigenvalue weighted by Gasteiger charge is -2.40. The summed E-state index contributed by atoms with van der Waals surface area (Å²) in [4.78, 5) is 25.3. The van der Waals surface area contributed by atoms with E-state index in [1.54, 1.807) is 14.0 Å². The van der Waals surface area contributed by atoms with Crippen molar-refractivity contribution < 1.29 is 9.59 Å². The second-order valence-corrected chi connectivity index (χ2v) is 6.86. The van der Waals surface area contributed by atoms with Gasteiger partial charge in [-0.3, -0.25) is 4.79 Å². The highest BCUT2D eigenvalue weighted by Crippen LogP contribution is 2.51. The van der Waals surface area contributed by atoms with Crippen LogP contribution in [0.2, 0.25) is 0 Å². The van der Waals surface area contributed by atoms with Crippen molar-refractivity contribution in [1.29, 1.82) is 0 Å². The van der Waals surface area contributed by atoms with E-state index in [1.807, 2.05) is 4.90 Å². The summed E-state index contributed by atoms with van der Waals surface area (Å²) in [6.07, 6.45) is 2.86. The van der Waals surface area contributed by atoms with Crippen molar-refractivity contribution in [1.82, 2.24) is 15.5 Å². The predicted molar refractivity (Wildman–Crippen MR) is 89.3 cm³/mol. The number of carbonyl (C=O) groups excluding carboxylic acids is 2. The monoisotopic (exact) mass is 315 g/mol. The van der Waals surface area contributed by atoms with E-state index in [1.165, 1.54) is 16.7 Å². The van der Waals surface area contributed by atoms with Crippen LogP contribution >= 0.6 is 0 Å². The molecular formula is C18H25N3O2. The third-order valence-electron chi connectivity index (χ3n) is 5.45. The van der Waals surface area contributed by atoms with Gasteiger partial charge in [-0.1, -0.05) is 23.8 Å². The molecule has 2 N–H and O–H groups in total. The first kappa shape index (κ1) is 15.8. The van der Waals surface area contributed by atoms with Gasteiger partial charge in [-0.25, -0.2) is 4.79 Å². The maximum atomic E-state index is 11.8. The van der Waals surface area contributed by atoms with Crippen LogP contribution in [0.1, 0.15) is 48.9 Å². The normalized spacial score (nSPS) is 21.9. The molecule has 0 radical (unpaired) electrons. The zero-order chi connectivity index (χ0) is 16.6. The van der Waals surface area contributed by atoms with Crippen molar-refractivity contribution in [2.45, 2.75) is 44.6 Å². The number of fused-ring (bicyclic) bond motifs is 2. The largest absolute Gasteiger partial charge is 0.343 e. The Morgan fingerprint density at radius 1 is 1.26 bits per heavy atom. The molecule has 1 aromatic rings. The number of amides is 3. The van der Waals surface area contributed by atoms with Crippen molar-refractivity contribution >= 4 is 11.9 Å². The summed E-state index contributed by atoms with van der Waals surface area (Å²) in [6, 6.07) is 6.44. The molecule has 0 bridgehead atoms. The van der Waals surface area contributed by atoms with Crippen LogP contribution in [0.15, 0.2) is 18.2 Å². The molecule has 3 rings (SSSR count). The number of likely N-dealkylation sites (tertiary alicyclic amines) is 1. The molecule has 1 fully saturated rings. The maximum absolute atomic E-state index is 11.8. The first-order chi connectivity index (χ1) is 10.9. The molecule has 1 spiro atoms. The smallest absolute Gasteiger partial charge is 0.315 e. The average Bonchev–Trinajstić information content (AvgIpc) is 2.81. The highest BCUT2D eigenvalue weighted by Gasteiger charge is 2.46. The van der Waals surface area contributed by atoms with Crippen molar-refractivity contribution in [3.8, 4) is 0 Å². The van der Waals surface area contributed by atoms with E-state index in [4.69, 9.17) is 0 Å². The Morgan fingerprint density at radius 2 is 1.96 bits per heavy atom. The van der Waals surface area contributed by atoms with Gasteiger partial charge < -0.3 is 15.5 Å². The molecule has 0 saturated carbocycles. The number of piperidine rings is 1. The molecule has 1 aromatic carbocycles. The molecule has 124 valence electrons. The van der Waals surface area contributed by atoms with Crippen LogP contribution in [-0.4, -0.2) is 37.0 Å². The summed E-state index contributed by atoms with van der Waals surface area (Å²) in [6.45, 7) is 5.35. The van der Waals surface area contributed by atoms with E-state index in [2.05, 4.69) is 35.8 Å². The van der Waals surface area contributed by atoms with Gasteiger partial charge in [0.05, 0.1) is 6.04 Å². The summed E-state index contributed by atoms with van der Waals surface area (Å²) >= 11 is 0. The zero-order valence-electron chi connectivity index (χ0n) is 14.1.